The molecule has 3 heteroatoms. The third kappa shape index (κ3) is 4.12. The second kappa shape index (κ2) is 8.03. The fourth-order valence-electron chi connectivity index (χ4n) is 5.04. The van der Waals surface area contributed by atoms with E-state index in [0.29, 0.717) is 5.92 Å². The second-order valence-corrected chi connectivity index (χ2v) is 8.57. The van der Waals surface area contributed by atoms with Crippen LogP contribution in [0.15, 0.2) is 36.4 Å². The van der Waals surface area contributed by atoms with Gasteiger partial charge in [0.25, 0.3) is 0 Å². The maximum atomic E-state index is 13.3. The lowest BCUT2D eigenvalue weighted by Crippen LogP contribution is -2.29. The highest BCUT2D eigenvalue weighted by Crippen LogP contribution is 2.47. The van der Waals surface area contributed by atoms with Crippen LogP contribution in [0.5, 0.6) is 0 Å². The van der Waals surface area contributed by atoms with Gasteiger partial charge in [0.1, 0.15) is 0 Å². The lowest BCUT2D eigenvalue weighted by atomic mass is 9.64. The van der Waals surface area contributed by atoms with E-state index >= 15 is 0 Å². The summed E-state index contributed by atoms with van der Waals surface area (Å²) in [6, 6.07) is 10.0. The van der Waals surface area contributed by atoms with Crippen molar-refractivity contribution < 1.29 is 13.2 Å². The lowest BCUT2D eigenvalue weighted by Gasteiger charge is -2.41. The molecule has 146 valence electrons. The molecule has 0 spiro atoms. The molecular weight excluding hydrogens is 357 g/mol. The molecule has 2 fully saturated rings. The van der Waals surface area contributed by atoms with Crippen molar-refractivity contribution in [2.75, 3.05) is 0 Å². The van der Waals surface area contributed by atoms with Crippen molar-refractivity contribution in [2.24, 2.45) is 17.8 Å². The van der Waals surface area contributed by atoms with Crippen LogP contribution in [0.2, 0.25) is 0 Å². The molecule has 4 unspecified atom stereocenters. The van der Waals surface area contributed by atoms with Crippen LogP contribution in [-0.4, -0.2) is 0 Å². The van der Waals surface area contributed by atoms with E-state index in [-0.39, 0.29) is 5.56 Å². The molecule has 0 nitrogen and oxygen atoms in total. The van der Waals surface area contributed by atoms with Crippen LogP contribution in [0.1, 0.15) is 68.1 Å². The highest BCUT2D eigenvalue weighted by molar-refractivity contribution is 5.44. The number of fused-ring (bicyclic) bond motifs is 1. The number of hydrogen-bond acceptors (Lipinski definition) is 0. The molecule has 0 saturated heterocycles. The van der Waals surface area contributed by atoms with Crippen molar-refractivity contribution in [3.05, 3.63) is 70.5 Å². The number of benzene rings is 2. The predicted molar refractivity (Wildman–Crippen MR) is 105 cm³/mol. The molecule has 2 aliphatic rings. The van der Waals surface area contributed by atoms with Gasteiger partial charge in [0.2, 0.25) is 0 Å². The monoisotopic (exact) mass is 382 g/mol. The summed E-state index contributed by atoms with van der Waals surface area (Å²) in [7, 11) is 0. The van der Waals surface area contributed by atoms with Crippen LogP contribution in [0.3, 0.4) is 0 Å². The zero-order chi connectivity index (χ0) is 19.7. The average molecular weight is 382 g/mol. The number of halogens is 3. The second-order valence-electron chi connectivity index (χ2n) is 8.57. The van der Waals surface area contributed by atoms with Crippen LogP contribution in [0.25, 0.3) is 0 Å². The average Bonchev–Trinajstić information content (AvgIpc) is 2.70. The molecular formula is C25H25F3. The van der Waals surface area contributed by atoms with Gasteiger partial charge in [0, 0.05) is 11.1 Å². The first-order valence-electron chi connectivity index (χ1n) is 10.3. The van der Waals surface area contributed by atoms with Gasteiger partial charge in [0.05, 0.1) is 0 Å². The summed E-state index contributed by atoms with van der Waals surface area (Å²) in [5.41, 5.74) is 2.28. The molecule has 0 aliphatic heterocycles. The predicted octanol–water partition coefficient (Wildman–Crippen LogP) is 6.82. The molecule has 2 aromatic carbocycles. The van der Waals surface area contributed by atoms with Gasteiger partial charge in [-0.05, 0) is 85.6 Å². The van der Waals surface area contributed by atoms with Crippen LogP contribution in [0, 0.1) is 47.0 Å². The lowest BCUT2D eigenvalue weighted by molar-refractivity contribution is 0.124. The Hall–Kier alpha value is -2.21. The molecule has 2 aromatic rings. The van der Waals surface area contributed by atoms with Gasteiger partial charge >= 0.3 is 0 Å². The summed E-state index contributed by atoms with van der Waals surface area (Å²) in [4.78, 5) is 0. The van der Waals surface area contributed by atoms with Crippen molar-refractivity contribution >= 4 is 0 Å². The molecule has 28 heavy (non-hydrogen) atoms. The first-order chi connectivity index (χ1) is 13.5. The normalized spacial score (nSPS) is 26.9. The molecule has 0 amide bonds. The van der Waals surface area contributed by atoms with E-state index in [9.17, 15) is 13.2 Å². The van der Waals surface area contributed by atoms with Crippen LogP contribution in [-0.2, 0) is 0 Å². The quantitative estimate of drug-likeness (QED) is 0.375. The summed E-state index contributed by atoms with van der Waals surface area (Å²) < 4.78 is 39.6. The van der Waals surface area contributed by atoms with E-state index in [2.05, 4.69) is 30.9 Å². The van der Waals surface area contributed by atoms with Gasteiger partial charge < -0.3 is 0 Å². The highest BCUT2D eigenvalue weighted by Gasteiger charge is 2.34. The summed E-state index contributed by atoms with van der Waals surface area (Å²) in [5, 5.41) is 0. The summed E-state index contributed by atoms with van der Waals surface area (Å²) in [6.45, 7) is 2.39. The minimum absolute atomic E-state index is 0.130. The highest BCUT2D eigenvalue weighted by atomic mass is 19.2. The first kappa shape index (κ1) is 19.1. The molecule has 4 rings (SSSR count). The van der Waals surface area contributed by atoms with Crippen LogP contribution >= 0.6 is 0 Å². The minimum Gasteiger partial charge on any atom is -0.204 e. The Morgan fingerprint density at radius 3 is 2.07 bits per heavy atom. The maximum absolute atomic E-state index is 13.3. The first-order valence-corrected chi connectivity index (χ1v) is 10.3. The van der Waals surface area contributed by atoms with E-state index in [0.717, 1.165) is 35.4 Å². The van der Waals surface area contributed by atoms with E-state index in [1.807, 2.05) is 12.1 Å². The third-order valence-corrected chi connectivity index (χ3v) is 6.59. The molecule has 2 aliphatic carbocycles. The van der Waals surface area contributed by atoms with E-state index < -0.39 is 17.5 Å². The summed E-state index contributed by atoms with van der Waals surface area (Å²) >= 11 is 0. The van der Waals surface area contributed by atoms with Gasteiger partial charge in [-0.3, -0.25) is 0 Å². The Balaban J connectivity index is 1.44. The van der Waals surface area contributed by atoms with Crippen LogP contribution in [0.4, 0.5) is 13.2 Å². The zero-order valence-electron chi connectivity index (χ0n) is 16.2. The molecule has 0 aromatic heterocycles. The summed E-state index contributed by atoms with van der Waals surface area (Å²) in [5.74, 6) is 5.03. The number of rotatable bonds is 1. The van der Waals surface area contributed by atoms with Gasteiger partial charge in [-0.2, -0.15) is 0 Å². The zero-order valence-corrected chi connectivity index (χ0v) is 16.2. The molecule has 0 bridgehead atoms. The van der Waals surface area contributed by atoms with Crippen molar-refractivity contribution in [3.8, 4) is 11.8 Å². The smallest absolute Gasteiger partial charge is 0.194 e. The Morgan fingerprint density at radius 1 is 0.750 bits per heavy atom. The van der Waals surface area contributed by atoms with Gasteiger partial charge in [-0.15, -0.1) is 0 Å². The van der Waals surface area contributed by atoms with Gasteiger partial charge in [0.15, 0.2) is 17.5 Å². The SMILES string of the molecule is CC1CCC2CC(c3ccc(C#Cc4cc(F)c(F)c(F)c4)cc3)CCC2C1. The molecule has 0 radical (unpaired) electrons. The van der Waals surface area contributed by atoms with E-state index in [4.69, 9.17) is 0 Å². The minimum atomic E-state index is -1.46. The van der Waals surface area contributed by atoms with Crippen molar-refractivity contribution in [1.82, 2.24) is 0 Å². The maximum Gasteiger partial charge on any atom is 0.194 e. The van der Waals surface area contributed by atoms with Crippen molar-refractivity contribution in [1.29, 1.82) is 0 Å². The van der Waals surface area contributed by atoms with Gasteiger partial charge in [-0.1, -0.05) is 37.3 Å². The van der Waals surface area contributed by atoms with Crippen molar-refractivity contribution in [2.45, 2.75) is 51.4 Å². The fraction of sp³-hybridized carbons (Fsp3) is 0.440. The standard InChI is InChI=1S/C25H25F3/c1-16-2-7-22-15-21(11-10-20(22)12-16)19-8-5-17(6-9-19)3-4-18-13-23(26)25(28)24(27)14-18/h5-6,8-9,13-14,16,20-22H,2,7,10-12,15H2,1H3. The molecule has 4 atom stereocenters. The molecule has 2 saturated carbocycles. The third-order valence-electron chi connectivity index (χ3n) is 6.59. The van der Waals surface area contributed by atoms with Gasteiger partial charge in [-0.25, -0.2) is 13.2 Å². The number of hydrogen-bond donors (Lipinski definition) is 0. The topological polar surface area (TPSA) is 0 Å². The Kier molecular flexibility index (Phi) is 5.49. The molecule has 0 N–H and O–H groups in total. The largest absolute Gasteiger partial charge is 0.204 e. The van der Waals surface area contributed by atoms with E-state index in [1.54, 1.807) is 0 Å². The van der Waals surface area contributed by atoms with Crippen molar-refractivity contribution in [3.63, 3.8) is 0 Å². The Labute approximate surface area is 165 Å². The Bertz CT molecular complexity index is 881. The fourth-order valence-corrected chi connectivity index (χ4v) is 5.04. The molecule has 0 heterocycles. The summed E-state index contributed by atoms with van der Waals surface area (Å²) in [6.07, 6.45) is 8.02. The Morgan fingerprint density at radius 2 is 1.36 bits per heavy atom. The van der Waals surface area contributed by atoms with E-state index in [1.165, 1.54) is 44.1 Å². The van der Waals surface area contributed by atoms with Crippen LogP contribution < -0.4 is 0 Å².